The third-order valence-electron chi connectivity index (χ3n) is 3.09. The predicted octanol–water partition coefficient (Wildman–Crippen LogP) is 3.33. The Morgan fingerprint density at radius 2 is 1.90 bits per heavy atom. The highest BCUT2D eigenvalue weighted by atomic mass is 16.5. The Bertz CT molecular complexity index is 609. The molecule has 0 saturated heterocycles. The van der Waals surface area contributed by atoms with Crippen molar-refractivity contribution in [2.24, 2.45) is 0 Å². The zero-order chi connectivity index (χ0) is 15.5. The van der Waals surface area contributed by atoms with Crippen LogP contribution in [-0.2, 0) is 10.2 Å². The monoisotopic (exact) mass is 287 g/mol. The van der Waals surface area contributed by atoms with Crippen molar-refractivity contribution in [2.75, 3.05) is 17.2 Å². The minimum absolute atomic E-state index is 0.106. The van der Waals surface area contributed by atoms with E-state index in [-0.39, 0.29) is 17.9 Å². The van der Waals surface area contributed by atoms with E-state index in [0.29, 0.717) is 11.6 Å². The van der Waals surface area contributed by atoms with Crippen molar-refractivity contribution in [3.05, 3.63) is 41.7 Å². The maximum Gasteiger partial charge on any atom is 0.243 e. The number of nitrogens with zero attached hydrogens (tertiary/aromatic N) is 1. The van der Waals surface area contributed by atoms with Crippen LogP contribution < -0.4 is 10.6 Å². The molecule has 5 heteroatoms. The third-order valence-corrected chi connectivity index (χ3v) is 3.09. The molecule has 0 aliphatic rings. The number of nitrogens with one attached hydrogen (secondary N) is 2. The van der Waals surface area contributed by atoms with Crippen LogP contribution in [0.3, 0.4) is 0 Å². The fourth-order valence-electron chi connectivity index (χ4n) is 1.88. The number of hydrogen-bond donors (Lipinski definition) is 2. The number of carbonyl (C=O) groups excluding carboxylic acids is 1. The van der Waals surface area contributed by atoms with E-state index in [1.54, 1.807) is 13.0 Å². The summed E-state index contributed by atoms with van der Waals surface area (Å²) in [5, 5.41) is 9.51. The molecule has 5 nitrogen and oxygen atoms in total. The fourth-order valence-corrected chi connectivity index (χ4v) is 1.88. The van der Waals surface area contributed by atoms with Gasteiger partial charge in [0, 0.05) is 11.8 Å². The van der Waals surface area contributed by atoms with E-state index in [2.05, 4.69) is 36.6 Å². The molecule has 0 bridgehead atoms. The summed E-state index contributed by atoms with van der Waals surface area (Å²) in [5.41, 5.74) is 2.12. The molecule has 0 aliphatic carbocycles. The maximum atomic E-state index is 11.8. The molecule has 0 unspecified atom stereocenters. The average molecular weight is 287 g/mol. The molecule has 0 radical (unpaired) electrons. The van der Waals surface area contributed by atoms with Gasteiger partial charge < -0.3 is 15.2 Å². The molecule has 112 valence electrons. The molecule has 21 heavy (non-hydrogen) atoms. The van der Waals surface area contributed by atoms with Crippen molar-refractivity contribution in [3.63, 3.8) is 0 Å². The van der Waals surface area contributed by atoms with Crippen LogP contribution in [0, 0.1) is 6.92 Å². The van der Waals surface area contributed by atoms with E-state index >= 15 is 0 Å². The topological polar surface area (TPSA) is 67.2 Å². The Morgan fingerprint density at radius 1 is 1.24 bits per heavy atom. The van der Waals surface area contributed by atoms with E-state index in [4.69, 9.17) is 4.52 Å². The van der Waals surface area contributed by atoms with Crippen LogP contribution in [0.1, 0.15) is 32.1 Å². The van der Waals surface area contributed by atoms with Crippen molar-refractivity contribution >= 4 is 17.4 Å². The van der Waals surface area contributed by atoms with E-state index in [1.165, 1.54) is 5.56 Å². The van der Waals surface area contributed by atoms with Gasteiger partial charge in [-0.3, -0.25) is 4.79 Å². The molecule has 2 N–H and O–H groups in total. The van der Waals surface area contributed by atoms with Crippen LogP contribution >= 0.6 is 0 Å². The molecular formula is C16H21N3O2. The van der Waals surface area contributed by atoms with Gasteiger partial charge in [-0.15, -0.1) is 0 Å². The Kier molecular flexibility index (Phi) is 4.31. The molecule has 2 rings (SSSR count). The predicted molar refractivity (Wildman–Crippen MR) is 83.5 cm³/mol. The van der Waals surface area contributed by atoms with Gasteiger partial charge in [-0.25, -0.2) is 0 Å². The molecule has 1 aromatic carbocycles. The minimum Gasteiger partial charge on any atom is -0.360 e. The van der Waals surface area contributed by atoms with E-state index < -0.39 is 0 Å². The number of anilines is 2. The minimum atomic E-state index is -0.126. The van der Waals surface area contributed by atoms with Gasteiger partial charge in [0.05, 0.1) is 6.54 Å². The lowest BCUT2D eigenvalue weighted by Gasteiger charge is -2.19. The number of rotatable bonds is 4. The molecule has 0 aliphatic heterocycles. The van der Waals surface area contributed by atoms with Crippen LogP contribution in [0.2, 0.25) is 0 Å². The Hall–Kier alpha value is -2.30. The standard InChI is InChI=1S/C16H21N3O2/c1-11-9-14(19-21-11)17-10-15(20)18-13-7-5-12(6-8-13)16(2,3)4/h5-9H,10H2,1-4H3,(H,17,19)(H,18,20). The highest BCUT2D eigenvalue weighted by Gasteiger charge is 2.13. The van der Waals surface area contributed by atoms with Gasteiger partial charge in [0.2, 0.25) is 5.91 Å². The molecule has 1 heterocycles. The lowest BCUT2D eigenvalue weighted by atomic mass is 9.87. The van der Waals surface area contributed by atoms with Crippen molar-refractivity contribution in [1.82, 2.24) is 5.16 Å². The Balaban J connectivity index is 1.88. The molecule has 0 spiro atoms. The van der Waals surface area contributed by atoms with Crippen LogP contribution in [0.15, 0.2) is 34.9 Å². The van der Waals surface area contributed by atoms with Crippen LogP contribution in [0.25, 0.3) is 0 Å². The quantitative estimate of drug-likeness (QED) is 0.905. The summed E-state index contributed by atoms with van der Waals surface area (Å²) in [5.74, 6) is 1.14. The van der Waals surface area contributed by atoms with Crippen molar-refractivity contribution in [1.29, 1.82) is 0 Å². The van der Waals surface area contributed by atoms with Gasteiger partial charge in [-0.05, 0) is 30.0 Å². The van der Waals surface area contributed by atoms with E-state index in [0.717, 1.165) is 5.69 Å². The number of carbonyl (C=O) groups is 1. The first-order chi connectivity index (χ1) is 9.84. The summed E-state index contributed by atoms with van der Waals surface area (Å²) in [6, 6.07) is 9.64. The van der Waals surface area contributed by atoms with E-state index in [1.807, 2.05) is 24.3 Å². The summed E-state index contributed by atoms with van der Waals surface area (Å²) in [6.07, 6.45) is 0. The molecule has 0 atom stereocenters. The number of benzene rings is 1. The third kappa shape index (κ3) is 4.34. The highest BCUT2D eigenvalue weighted by molar-refractivity contribution is 5.93. The molecular weight excluding hydrogens is 266 g/mol. The van der Waals surface area contributed by atoms with E-state index in [9.17, 15) is 4.79 Å². The van der Waals surface area contributed by atoms with Crippen LogP contribution in [-0.4, -0.2) is 17.6 Å². The smallest absolute Gasteiger partial charge is 0.243 e. The summed E-state index contributed by atoms with van der Waals surface area (Å²) in [4.78, 5) is 11.8. The van der Waals surface area contributed by atoms with Crippen molar-refractivity contribution in [2.45, 2.75) is 33.1 Å². The average Bonchev–Trinajstić information content (AvgIpc) is 2.82. The Morgan fingerprint density at radius 3 is 2.43 bits per heavy atom. The second kappa shape index (κ2) is 5.99. The lowest BCUT2D eigenvalue weighted by Crippen LogP contribution is -2.22. The van der Waals surface area contributed by atoms with Gasteiger partial charge >= 0.3 is 0 Å². The lowest BCUT2D eigenvalue weighted by molar-refractivity contribution is -0.114. The van der Waals surface area contributed by atoms with Gasteiger partial charge in [-0.2, -0.15) is 0 Å². The Labute approximate surface area is 124 Å². The zero-order valence-electron chi connectivity index (χ0n) is 12.9. The number of aryl methyl sites for hydroxylation is 1. The number of amides is 1. The largest absolute Gasteiger partial charge is 0.360 e. The second-order valence-corrected chi connectivity index (χ2v) is 6.05. The molecule has 0 fully saturated rings. The highest BCUT2D eigenvalue weighted by Crippen LogP contribution is 2.23. The second-order valence-electron chi connectivity index (χ2n) is 6.05. The molecule has 2 aromatic rings. The summed E-state index contributed by atoms with van der Waals surface area (Å²) < 4.78 is 4.92. The molecule has 1 amide bonds. The van der Waals surface area contributed by atoms with Crippen LogP contribution in [0.4, 0.5) is 11.5 Å². The normalized spacial score (nSPS) is 11.2. The van der Waals surface area contributed by atoms with Gasteiger partial charge in [0.25, 0.3) is 0 Å². The first-order valence-corrected chi connectivity index (χ1v) is 6.92. The van der Waals surface area contributed by atoms with Crippen molar-refractivity contribution < 1.29 is 9.32 Å². The zero-order valence-corrected chi connectivity index (χ0v) is 12.9. The summed E-state index contributed by atoms with van der Waals surface area (Å²) in [7, 11) is 0. The summed E-state index contributed by atoms with van der Waals surface area (Å²) >= 11 is 0. The molecule has 0 saturated carbocycles. The van der Waals surface area contributed by atoms with Gasteiger partial charge in [0.1, 0.15) is 5.76 Å². The molecule has 1 aromatic heterocycles. The number of aromatic nitrogens is 1. The van der Waals surface area contributed by atoms with Gasteiger partial charge in [0.15, 0.2) is 5.82 Å². The van der Waals surface area contributed by atoms with Crippen LogP contribution in [0.5, 0.6) is 0 Å². The first kappa shape index (κ1) is 15.1. The summed E-state index contributed by atoms with van der Waals surface area (Å²) in [6.45, 7) is 8.42. The van der Waals surface area contributed by atoms with Gasteiger partial charge in [-0.1, -0.05) is 38.1 Å². The maximum absolute atomic E-state index is 11.8. The SMILES string of the molecule is Cc1cc(NCC(=O)Nc2ccc(C(C)(C)C)cc2)no1. The first-order valence-electron chi connectivity index (χ1n) is 6.92. The number of hydrogen-bond acceptors (Lipinski definition) is 4. The van der Waals surface area contributed by atoms with Crippen molar-refractivity contribution in [3.8, 4) is 0 Å². The fraction of sp³-hybridized carbons (Fsp3) is 0.375.